The molecular formula is C19H20ClN5O3S2. The van der Waals surface area contributed by atoms with Gasteiger partial charge in [-0.3, -0.25) is 4.79 Å². The predicted octanol–water partition coefficient (Wildman–Crippen LogP) is 4.54. The Morgan fingerprint density at radius 3 is 2.70 bits per heavy atom. The van der Waals surface area contributed by atoms with Gasteiger partial charge >= 0.3 is 5.97 Å². The molecule has 11 heteroatoms. The van der Waals surface area contributed by atoms with Crippen molar-refractivity contribution >= 4 is 51.6 Å². The number of halogens is 1. The number of tetrazole rings is 1. The summed E-state index contributed by atoms with van der Waals surface area (Å²) < 4.78 is 7.24. The van der Waals surface area contributed by atoms with Crippen LogP contribution in [0.25, 0.3) is 11.1 Å². The molecular weight excluding hydrogens is 446 g/mol. The molecule has 1 aromatic carbocycles. The van der Waals surface area contributed by atoms with Crippen LogP contribution < -0.4 is 5.32 Å². The van der Waals surface area contributed by atoms with Crippen LogP contribution in [0.15, 0.2) is 35.5 Å². The van der Waals surface area contributed by atoms with Crippen LogP contribution in [-0.2, 0) is 9.53 Å². The van der Waals surface area contributed by atoms with Gasteiger partial charge in [0.05, 0.1) is 18.4 Å². The number of rotatable bonds is 8. The molecule has 0 unspecified atom stereocenters. The number of carbonyl (C=O) groups is 2. The number of aromatic nitrogens is 4. The van der Waals surface area contributed by atoms with Crippen molar-refractivity contribution in [1.82, 2.24) is 20.2 Å². The summed E-state index contributed by atoms with van der Waals surface area (Å²) in [5.74, 6) is -0.765. The van der Waals surface area contributed by atoms with Gasteiger partial charge in [0.15, 0.2) is 0 Å². The summed E-state index contributed by atoms with van der Waals surface area (Å²) in [5, 5.41) is 15.2. The van der Waals surface area contributed by atoms with E-state index in [1.807, 2.05) is 44.2 Å². The number of thiophene rings is 1. The molecule has 2 aromatic heterocycles. The number of hydrogen-bond donors (Lipinski definition) is 1. The third-order valence-electron chi connectivity index (χ3n) is 3.94. The first-order valence-corrected chi connectivity index (χ1v) is 11.4. The maximum Gasteiger partial charge on any atom is 0.341 e. The predicted molar refractivity (Wildman–Crippen MR) is 118 cm³/mol. The van der Waals surface area contributed by atoms with Crippen LogP contribution in [0.1, 0.15) is 37.2 Å². The largest absolute Gasteiger partial charge is 0.462 e. The zero-order valence-electron chi connectivity index (χ0n) is 16.6. The molecule has 0 aliphatic carbocycles. The molecule has 0 bridgehead atoms. The summed E-state index contributed by atoms with van der Waals surface area (Å²) in [6, 6.07) is 9.36. The van der Waals surface area contributed by atoms with Gasteiger partial charge < -0.3 is 10.1 Å². The average molecular weight is 466 g/mol. The van der Waals surface area contributed by atoms with E-state index < -0.39 is 5.97 Å². The minimum Gasteiger partial charge on any atom is -0.462 e. The standard InChI is InChI=1S/C19H20ClN5O3S2/c1-4-28-18(27)15-14(12-8-6-5-7-9-12)16(20)30-17(15)21-13(26)10-29-19-22-23-24-25(19)11(2)3/h5-9,11H,4,10H2,1-3H3,(H,21,26). The van der Waals surface area contributed by atoms with E-state index in [0.29, 0.717) is 20.1 Å². The summed E-state index contributed by atoms with van der Waals surface area (Å²) in [6.45, 7) is 5.83. The number of ether oxygens (including phenoxy) is 1. The average Bonchev–Trinajstić information content (AvgIpc) is 3.31. The van der Waals surface area contributed by atoms with Crippen molar-refractivity contribution in [2.75, 3.05) is 17.7 Å². The van der Waals surface area contributed by atoms with Crippen LogP contribution >= 0.6 is 34.7 Å². The second-order valence-electron chi connectivity index (χ2n) is 6.38. The molecule has 3 aromatic rings. The molecule has 3 rings (SSSR count). The zero-order chi connectivity index (χ0) is 21.7. The molecule has 8 nitrogen and oxygen atoms in total. The van der Waals surface area contributed by atoms with Gasteiger partial charge in [0.1, 0.15) is 14.9 Å². The zero-order valence-corrected chi connectivity index (χ0v) is 19.0. The first-order valence-electron chi connectivity index (χ1n) is 9.17. The fourth-order valence-corrected chi connectivity index (χ4v) is 4.84. The Balaban J connectivity index is 1.83. The van der Waals surface area contributed by atoms with Crippen LogP contribution in [0, 0.1) is 0 Å². The molecule has 0 spiro atoms. The van der Waals surface area contributed by atoms with Crippen LogP contribution in [0.3, 0.4) is 0 Å². The van der Waals surface area contributed by atoms with Gasteiger partial charge in [0, 0.05) is 5.56 Å². The van der Waals surface area contributed by atoms with E-state index in [4.69, 9.17) is 16.3 Å². The molecule has 2 heterocycles. The van der Waals surface area contributed by atoms with Gasteiger partial charge in [-0.2, -0.15) is 0 Å². The fourth-order valence-electron chi connectivity index (χ4n) is 2.65. The Hall–Kier alpha value is -2.43. The van der Waals surface area contributed by atoms with Crippen molar-refractivity contribution in [3.05, 3.63) is 40.2 Å². The second-order valence-corrected chi connectivity index (χ2v) is 8.94. The maximum absolute atomic E-state index is 12.7. The van der Waals surface area contributed by atoms with Crippen LogP contribution in [0.5, 0.6) is 0 Å². The number of amides is 1. The Morgan fingerprint density at radius 2 is 2.03 bits per heavy atom. The van der Waals surface area contributed by atoms with Crippen LogP contribution in [0.2, 0.25) is 4.34 Å². The van der Waals surface area contributed by atoms with Gasteiger partial charge in [-0.25, -0.2) is 9.48 Å². The summed E-state index contributed by atoms with van der Waals surface area (Å²) in [6.07, 6.45) is 0. The monoisotopic (exact) mass is 465 g/mol. The smallest absolute Gasteiger partial charge is 0.341 e. The minimum atomic E-state index is -0.536. The van der Waals surface area contributed by atoms with Crippen molar-refractivity contribution in [1.29, 1.82) is 0 Å². The lowest BCUT2D eigenvalue weighted by atomic mass is 10.0. The second kappa shape index (κ2) is 10.1. The molecule has 0 radical (unpaired) electrons. The first-order chi connectivity index (χ1) is 14.4. The van der Waals surface area contributed by atoms with Crippen LogP contribution in [0.4, 0.5) is 5.00 Å². The number of thioether (sulfide) groups is 1. The van der Waals surface area contributed by atoms with Crippen molar-refractivity contribution in [3.63, 3.8) is 0 Å². The molecule has 0 aliphatic rings. The molecule has 0 fully saturated rings. The van der Waals surface area contributed by atoms with E-state index in [9.17, 15) is 9.59 Å². The Kier molecular flexibility index (Phi) is 7.46. The third kappa shape index (κ3) is 5.00. The van der Waals surface area contributed by atoms with E-state index in [1.54, 1.807) is 11.6 Å². The Labute approximate surface area is 187 Å². The molecule has 1 N–H and O–H groups in total. The Morgan fingerprint density at radius 1 is 1.30 bits per heavy atom. The molecule has 0 atom stereocenters. The van der Waals surface area contributed by atoms with E-state index in [2.05, 4.69) is 20.8 Å². The summed E-state index contributed by atoms with van der Waals surface area (Å²) in [7, 11) is 0. The third-order valence-corrected chi connectivity index (χ3v) is 6.19. The number of benzene rings is 1. The SMILES string of the molecule is CCOC(=O)c1c(NC(=O)CSc2nnnn2C(C)C)sc(Cl)c1-c1ccccc1. The highest BCUT2D eigenvalue weighted by Gasteiger charge is 2.26. The molecule has 1 amide bonds. The molecule has 0 saturated heterocycles. The number of nitrogens with one attached hydrogen (secondary N) is 1. The van der Waals surface area contributed by atoms with E-state index in [1.165, 1.54) is 11.8 Å². The number of carbonyl (C=O) groups excluding carboxylic acids is 2. The first kappa shape index (κ1) is 22.3. The lowest BCUT2D eigenvalue weighted by Gasteiger charge is -2.09. The number of esters is 1. The number of nitrogens with zero attached hydrogens (tertiary/aromatic N) is 4. The maximum atomic E-state index is 12.7. The normalized spacial score (nSPS) is 11.0. The van der Waals surface area contributed by atoms with E-state index >= 15 is 0 Å². The molecule has 0 saturated carbocycles. The van der Waals surface area contributed by atoms with Crippen LogP contribution in [-0.4, -0.2) is 44.4 Å². The van der Waals surface area contributed by atoms with Gasteiger partial charge in [0.25, 0.3) is 0 Å². The topological polar surface area (TPSA) is 99.0 Å². The van der Waals surface area contributed by atoms with Crippen molar-refractivity contribution < 1.29 is 14.3 Å². The molecule has 30 heavy (non-hydrogen) atoms. The fraction of sp³-hybridized carbons (Fsp3) is 0.316. The lowest BCUT2D eigenvalue weighted by molar-refractivity contribution is -0.113. The summed E-state index contributed by atoms with van der Waals surface area (Å²) in [4.78, 5) is 25.2. The molecule has 0 aliphatic heterocycles. The number of hydrogen-bond acceptors (Lipinski definition) is 8. The van der Waals surface area contributed by atoms with Gasteiger partial charge in [-0.1, -0.05) is 53.7 Å². The van der Waals surface area contributed by atoms with Crippen molar-refractivity contribution in [2.45, 2.75) is 32.0 Å². The van der Waals surface area contributed by atoms with E-state index in [-0.39, 0.29) is 29.9 Å². The van der Waals surface area contributed by atoms with Gasteiger partial charge in [0.2, 0.25) is 11.1 Å². The lowest BCUT2D eigenvalue weighted by Crippen LogP contribution is -2.17. The Bertz CT molecular complexity index is 1040. The van der Waals surface area contributed by atoms with Crippen molar-refractivity contribution in [3.8, 4) is 11.1 Å². The minimum absolute atomic E-state index is 0.0745. The number of anilines is 1. The van der Waals surface area contributed by atoms with Gasteiger partial charge in [-0.05, 0) is 36.8 Å². The molecule has 158 valence electrons. The quantitative estimate of drug-likeness (QED) is 0.385. The highest BCUT2D eigenvalue weighted by atomic mass is 35.5. The highest BCUT2D eigenvalue weighted by molar-refractivity contribution is 7.99. The summed E-state index contributed by atoms with van der Waals surface area (Å²) >= 11 is 8.79. The van der Waals surface area contributed by atoms with Crippen molar-refractivity contribution in [2.24, 2.45) is 0 Å². The summed E-state index contributed by atoms with van der Waals surface area (Å²) in [5.41, 5.74) is 1.57. The van der Waals surface area contributed by atoms with Gasteiger partial charge in [-0.15, -0.1) is 16.4 Å². The van der Waals surface area contributed by atoms with E-state index in [0.717, 1.165) is 16.9 Å². The highest BCUT2D eigenvalue weighted by Crippen LogP contribution is 2.44.